The van der Waals surface area contributed by atoms with Gasteiger partial charge in [-0.05, 0) is 29.7 Å². The predicted octanol–water partition coefficient (Wildman–Crippen LogP) is 1.21. The molecule has 4 atom stereocenters. The molecular formula is C23H24ClN5O8. The van der Waals surface area contributed by atoms with Crippen molar-refractivity contribution in [3.05, 3.63) is 59.7 Å². The second-order valence-corrected chi connectivity index (χ2v) is 8.80. The summed E-state index contributed by atoms with van der Waals surface area (Å²) in [5.74, 6) is -3.14. The molecule has 1 aromatic carbocycles. The van der Waals surface area contributed by atoms with Gasteiger partial charge in [-0.3, -0.25) is 4.57 Å². The van der Waals surface area contributed by atoms with Crippen molar-refractivity contribution in [3.63, 3.8) is 0 Å². The smallest absolute Gasteiger partial charge is 0.344 e. The van der Waals surface area contributed by atoms with Crippen LogP contribution < -0.4 is 5.32 Å². The van der Waals surface area contributed by atoms with Gasteiger partial charge in [0.05, 0.1) is 12.9 Å². The zero-order valence-corrected chi connectivity index (χ0v) is 20.2. The lowest BCUT2D eigenvalue weighted by Crippen LogP contribution is -2.51. The molecule has 2 aromatic heterocycles. The Hall–Kier alpha value is -3.62. The maximum Gasteiger partial charge on any atom is 0.344 e. The molecule has 13 nitrogen and oxygen atoms in total. The third-order valence-corrected chi connectivity index (χ3v) is 6.20. The fraction of sp³-hybridized carbons (Fsp3) is 0.348. The number of aliphatic hydroxyl groups is 2. The first-order valence-corrected chi connectivity index (χ1v) is 11.4. The summed E-state index contributed by atoms with van der Waals surface area (Å²) < 4.78 is 12.2. The van der Waals surface area contributed by atoms with Crippen molar-refractivity contribution in [3.8, 4) is 0 Å². The minimum absolute atomic E-state index is 0.0839. The van der Waals surface area contributed by atoms with Crippen LogP contribution >= 0.6 is 11.6 Å². The molecule has 196 valence electrons. The van der Waals surface area contributed by atoms with Crippen LogP contribution in [0, 0.1) is 0 Å². The molecular weight excluding hydrogens is 510 g/mol. The molecule has 0 aliphatic carbocycles. The lowest BCUT2D eigenvalue weighted by Gasteiger charge is -2.31. The zero-order chi connectivity index (χ0) is 26.9. The number of anilines is 1. The number of nitrogens with zero attached hydrogens (tertiary/aromatic N) is 4. The second kappa shape index (κ2) is 10.4. The quantitative estimate of drug-likeness (QED) is 0.142. The molecule has 3 aromatic rings. The summed E-state index contributed by atoms with van der Waals surface area (Å²) in [6.45, 7) is 4.89. The number of halogens is 1. The first-order valence-electron chi connectivity index (χ1n) is 11.0. The van der Waals surface area contributed by atoms with Gasteiger partial charge >= 0.3 is 11.9 Å². The number of fused-ring (bicyclic) bond motifs is 1. The van der Waals surface area contributed by atoms with Crippen LogP contribution in [0.3, 0.4) is 0 Å². The fourth-order valence-electron chi connectivity index (χ4n) is 4.08. The van der Waals surface area contributed by atoms with E-state index in [0.717, 1.165) is 5.56 Å². The molecule has 0 saturated carbocycles. The van der Waals surface area contributed by atoms with Crippen LogP contribution in [0.25, 0.3) is 11.2 Å². The van der Waals surface area contributed by atoms with E-state index in [-0.39, 0.29) is 16.5 Å². The van der Waals surface area contributed by atoms with Crippen molar-refractivity contribution in [1.82, 2.24) is 19.5 Å². The van der Waals surface area contributed by atoms with Gasteiger partial charge < -0.3 is 35.2 Å². The fourth-order valence-corrected chi connectivity index (χ4v) is 4.24. The standard InChI is InChI=1S/C23H24ClN5O8/c1-11(2)23(35)13(9-36-15(20(31)32)21(33)34)37-19(16(23)30)29-10-26-14-17(27-22(24)28-18(14)29)25-8-12-6-4-3-5-7-12/h3-7,10,13,15-16,19,30,35H,1,8-9H2,2H3,(H,31,32)(H,33,34)(H,25,27,28)/t13-,16+,19-,23-/m1/s1. The van der Waals surface area contributed by atoms with Gasteiger partial charge in [0.15, 0.2) is 23.2 Å². The molecule has 5 N–H and O–H groups in total. The molecule has 1 aliphatic heterocycles. The highest BCUT2D eigenvalue weighted by Gasteiger charge is 2.57. The first kappa shape index (κ1) is 26.4. The van der Waals surface area contributed by atoms with Gasteiger partial charge in [-0.25, -0.2) is 14.6 Å². The van der Waals surface area contributed by atoms with E-state index in [0.29, 0.717) is 17.9 Å². The van der Waals surface area contributed by atoms with E-state index >= 15 is 0 Å². The summed E-state index contributed by atoms with van der Waals surface area (Å²) in [7, 11) is 0. The van der Waals surface area contributed by atoms with E-state index < -0.39 is 48.7 Å². The van der Waals surface area contributed by atoms with Crippen molar-refractivity contribution >= 4 is 40.5 Å². The van der Waals surface area contributed by atoms with Gasteiger partial charge in [-0.1, -0.05) is 36.9 Å². The third-order valence-electron chi connectivity index (χ3n) is 6.03. The maximum absolute atomic E-state index is 11.3. The van der Waals surface area contributed by atoms with Gasteiger partial charge in [0.25, 0.3) is 6.10 Å². The predicted molar refractivity (Wildman–Crippen MR) is 129 cm³/mol. The van der Waals surface area contributed by atoms with Crippen LogP contribution in [-0.2, 0) is 25.6 Å². The number of rotatable bonds is 10. The number of carbonyl (C=O) groups is 2. The molecule has 0 radical (unpaired) electrons. The average Bonchev–Trinajstić information content (AvgIpc) is 3.37. The molecule has 0 spiro atoms. The van der Waals surface area contributed by atoms with Gasteiger partial charge in [-0.2, -0.15) is 9.97 Å². The Kier molecular flexibility index (Phi) is 7.43. The van der Waals surface area contributed by atoms with E-state index in [1.807, 2.05) is 30.3 Å². The number of carboxylic acids is 2. The van der Waals surface area contributed by atoms with E-state index in [2.05, 4.69) is 26.8 Å². The number of hydrogen-bond acceptors (Lipinski definition) is 10. The number of aromatic nitrogens is 4. The normalized spacial score (nSPS) is 23.4. The third kappa shape index (κ3) is 4.99. The van der Waals surface area contributed by atoms with Gasteiger partial charge in [0, 0.05) is 6.54 Å². The number of imidazole rings is 1. The number of ether oxygens (including phenoxy) is 2. The summed E-state index contributed by atoms with van der Waals surface area (Å²) in [4.78, 5) is 35.1. The van der Waals surface area contributed by atoms with Crippen molar-refractivity contribution in [2.75, 3.05) is 11.9 Å². The SMILES string of the molecule is C=C(C)[C@@]1(O)[C@@H](COC(C(=O)O)C(=O)O)O[C@@H](n2cnc3c(NCc4ccccc4)nc(Cl)nc32)[C@@H]1O. The molecule has 1 saturated heterocycles. The van der Waals surface area contributed by atoms with Crippen LogP contribution in [0.4, 0.5) is 5.82 Å². The average molecular weight is 534 g/mol. The minimum Gasteiger partial charge on any atom is -0.479 e. The number of hydrogen-bond donors (Lipinski definition) is 5. The molecule has 0 unspecified atom stereocenters. The molecule has 3 heterocycles. The monoisotopic (exact) mass is 533 g/mol. The van der Waals surface area contributed by atoms with Crippen molar-refractivity contribution < 1.29 is 39.5 Å². The minimum atomic E-state index is -2.20. The molecule has 14 heteroatoms. The Labute approximate surface area is 215 Å². The number of carboxylic acid groups (broad SMARTS) is 2. The molecule has 1 aliphatic rings. The van der Waals surface area contributed by atoms with E-state index in [9.17, 15) is 19.8 Å². The Bertz CT molecular complexity index is 1320. The van der Waals surface area contributed by atoms with E-state index in [1.54, 1.807) is 0 Å². The van der Waals surface area contributed by atoms with Gasteiger partial charge in [-0.15, -0.1) is 0 Å². The molecule has 1 fully saturated rings. The Morgan fingerprint density at radius 3 is 2.57 bits per heavy atom. The van der Waals surface area contributed by atoms with Crippen molar-refractivity contribution in [2.24, 2.45) is 0 Å². The van der Waals surface area contributed by atoms with Crippen LogP contribution in [0.2, 0.25) is 5.28 Å². The summed E-state index contributed by atoms with van der Waals surface area (Å²) >= 11 is 6.16. The molecule has 4 rings (SSSR count). The number of aliphatic carboxylic acids is 2. The van der Waals surface area contributed by atoms with E-state index in [4.69, 9.17) is 31.3 Å². The van der Waals surface area contributed by atoms with Crippen LogP contribution in [0.5, 0.6) is 0 Å². The highest BCUT2D eigenvalue weighted by Crippen LogP contribution is 2.42. The van der Waals surface area contributed by atoms with Crippen LogP contribution in [0.1, 0.15) is 18.7 Å². The highest BCUT2D eigenvalue weighted by atomic mass is 35.5. The lowest BCUT2D eigenvalue weighted by molar-refractivity contribution is -0.171. The van der Waals surface area contributed by atoms with Crippen LogP contribution in [-0.4, -0.2) is 82.4 Å². The largest absolute Gasteiger partial charge is 0.479 e. The number of benzene rings is 1. The Morgan fingerprint density at radius 1 is 1.27 bits per heavy atom. The van der Waals surface area contributed by atoms with E-state index in [1.165, 1.54) is 17.8 Å². The van der Waals surface area contributed by atoms with Crippen molar-refractivity contribution in [1.29, 1.82) is 0 Å². The van der Waals surface area contributed by atoms with Crippen molar-refractivity contribution in [2.45, 2.75) is 43.6 Å². The topological polar surface area (TPSA) is 189 Å². The molecule has 0 amide bonds. The second-order valence-electron chi connectivity index (χ2n) is 8.46. The number of nitrogens with one attached hydrogen (secondary N) is 1. The first-order chi connectivity index (χ1) is 17.5. The molecule has 0 bridgehead atoms. The molecule has 37 heavy (non-hydrogen) atoms. The summed E-state index contributed by atoms with van der Waals surface area (Å²) in [5, 5.41) is 43.6. The summed E-state index contributed by atoms with van der Waals surface area (Å²) in [6.07, 6.45) is -5.19. The Balaban J connectivity index is 1.64. The summed E-state index contributed by atoms with van der Waals surface area (Å²) in [6, 6.07) is 9.53. The van der Waals surface area contributed by atoms with Gasteiger partial charge in [0.1, 0.15) is 17.8 Å². The lowest BCUT2D eigenvalue weighted by atomic mass is 9.86. The Morgan fingerprint density at radius 2 is 1.95 bits per heavy atom. The summed E-state index contributed by atoms with van der Waals surface area (Å²) in [5.41, 5.74) is -0.560. The highest BCUT2D eigenvalue weighted by molar-refractivity contribution is 6.28. The van der Waals surface area contributed by atoms with Crippen LogP contribution in [0.15, 0.2) is 48.8 Å². The zero-order valence-electron chi connectivity index (χ0n) is 19.5. The van der Waals surface area contributed by atoms with Gasteiger partial charge in [0.2, 0.25) is 5.28 Å². The number of aliphatic hydroxyl groups excluding tert-OH is 1. The maximum atomic E-state index is 11.3.